The highest BCUT2D eigenvalue weighted by molar-refractivity contribution is 14.1. The van der Waals surface area contributed by atoms with E-state index < -0.39 is 5.92 Å². The number of unbranched alkanes of at least 4 members (excludes halogenated alkanes) is 1. The van der Waals surface area contributed by atoms with Gasteiger partial charge in [0.1, 0.15) is 12.6 Å². The first-order valence-corrected chi connectivity index (χ1v) is 12.4. The summed E-state index contributed by atoms with van der Waals surface area (Å²) < 4.78 is 1.16. The van der Waals surface area contributed by atoms with Crippen LogP contribution in [0.4, 0.5) is 0 Å². The Labute approximate surface area is 198 Å². The van der Waals surface area contributed by atoms with Crippen molar-refractivity contribution in [1.82, 2.24) is 0 Å². The maximum absolute atomic E-state index is 12.2. The van der Waals surface area contributed by atoms with Gasteiger partial charge in [0.15, 0.2) is 5.78 Å². The van der Waals surface area contributed by atoms with E-state index >= 15 is 0 Å². The lowest BCUT2D eigenvalue weighted by molar-refractivity contribution is -0.119. The third-order valence-corrected chi connectivity index (χ3v) is 6.83. The van der Waals surface area contributed by atoms with Gasteiger partial charge in [-0.1, -0.05) is 77.5 Å². The van der Waals surface area contributed by atoms with Crippen LogP contribution in [-0.2, 0) is 16.0 Å². The van der Waals surface area contributed by atoms with Crippen molar-refractivity contribution in [2.75, 3.05) is 11.0 Å². The molecule has 1 atom stereocenters. The van der Waals surface area contributed by atoms with Crippen LogP contribution in [0.3, 0.4) is 0 Å². The molecule has 0 aliphatic carbocycles. The fourth-order valence-electron chi connectivity index (χ4n) is 3.61. The molecule has 0 aliphatic rings. The Bertz CT molecular complexity index is 806. The van der Waals surface area contributed by atoms with Gasteiger partial charge in [-0.05, 0) is 54.7 Å². The normalized spacial score (nSPS) is 12.0. The third-order valence-electron chi connectivity index (χ3n) is 5.58. The van der Waals surface area contributed by atoms with E-state index in [1.807, 2.05) is 12.1 Å². The Morgan fingerprint density at radius 3 is 2.00 bits per heavy atom. The number of alkyl halides is 1. The molecule has 5 heteroatoms. The number of carbonyl (C=O) groups excluding carboxylic acids is 3. The molecule has 0 bridgehead atoms. The highest BCUT2D eigenvalue weighted by Gasteiger charge is 2.14. The van der Waals surface area contributed by atoms with Gasteiger partial charge in [-0.3, -0.25) is 4.79 Å². The maximum atomic E-state index is 12.2. The van der Waals surface area contributed by atoms with Crippen molar-refractivity contribution in [2.24, 2.45) is 11.8 Å². The smallest absolute Gasteiger partial charge is 0.164 e. The van der Waals surface area contributed by atoms with Gasteiger partial charge in [0.05, 0.1) is 5.92 Å². The zero-order valence-corrected chi connectivity index (χ0v) is 20.0. The number of aliphatic hydroxyl groups is 1. The van der Waals surface area contributed by atoms with E-state index in [2.05, 4.69) is 46.9 Å². The summed E-state index contributed by atoms with van der Waals surface area (Å²) in [5.41, 5.74) is 3.96. The van der Waals surface area contributed by atoms with Crippen molar-refractivity contribution in [3.63, 3.8) is 0 Å². The minimum absolute atomic E-state index is 0.0823. The van der Waals surface area contributed by atoms with E-state index in [4.69, 9.17) is 5.11 Å². The average Bonchev–Trinajstić information content (AvgIpc) is 2.82. The molecule has 0 spiro atoms. The van der Waals surface area contributed by atoms with E-state index in [0.717, 1.165) is 34.8 Å². The van der Waals surface area contributed by atoms with E-state index in [1.54, 1.807) is 12.1 Å². The van der Waals surface area contributed by atoms with Crippen LogP contribution in [0.5, 0.6) is 0 Å². The molecule has 0 saturated carbocycles. The highest BCUT2D eigenvalue weighted by Crippen LogP contribution is 2.23. The lowest BCUT2D eigenvalue weighted by atomic mass is 9.96. The van der Waals surface area contributed by atoms with Crippen LogP contribution in [0.15, 0.2) is 48.5 Å². The number of halogens is 1. The predicted molar refractivity (Wildman–Crippen MR) is 133 cm³/mol. The Hall–Kier alpha value is -1.86. The second kappa shape index (κ2) is 14.2. The Morgan fingerprint density at radius 2 is 1.45 bits per heavy atom. The number of benzene rings is 2. The lowest BCUT2D eigenvalue weighted by Gasteiger charge is -2.13. The molecule has 0 heterocycles. The van der Waals surface area contributed by atoms with E-state index in [-0.39, 0.29) is 12.2 Å². The van der Waals surface area contributed by atoms with Gasteiger partial charge in [-0.2, -0.15) is 0 Å². The van der Waals surface area contributed by atoms with Gasteiger partial charge < -0.3 is 14.7 Å². The fraction of sp³-hybridized carbons (Fsp3) is 0.423. The zero-order valence-electron chi connectivity index (χ0n) is 17.8. The number of aliphatic hydroxyl groups excluding tert-OH is 1. The molecule has 0 amide bonds. The molecule has 1 N–H and O–H groups in total. The van der Waals surface area contributed by atoms with Crippen molar-refractivity contribution < 1.29 is 19.5 Å². The van der Waals surface area contributed by atoms with Gasteiger partial charge in [-0.15, -0.1) is 0 Å². The molecule has 31 heavy (non-hydrogen) atoms. The number of carbonyl (C=O) groups is 3. The number of hydrogen-bond donors (Lipinski definition) is 1. The van der Waals surface area contributed by atoms with Gasteiger partial charge in [-0.25, -0.2) is 0 Å². The third kappa shape index (κ3) is 8.65. The summed E-state index contributed by atoms with van der Waals surface area (Å²) in [7, 11) is 0. The van der Waals surface area contributed by atoms with Crippen molar-refractivity contribution in [2.45, 2.75) is 44.9 Å². The monoisotopic (exact) mass is 534 g/mol. The summed E-state index contributed by atoms with van der Waals surface area (Å²) >= 11 is 2.45. The predicted octanol–water partition coefficient (Wildman–Crippen LogP) is 5.48. The lowest BCUT2D eigenvalue weighted by Crippen LogP contribution is -2.11. The molecule has 166 valence electrons. The molecule has 0 aliphatic heterocycles. The molecule has 0 saturated heterocycles. The number of aldehydes is 2. The Balaban J connectivity index is 1.85. The fourth-order valence-corrected chi connectivity index (χ4v) is 4.49. The second-order valence-electron chi connectivity index (χ2n) is 7.97. The quantitative estimate of drug-likeness (QED) is 0.0821. The molecule has 2 aromatic carbocycles. The second-order valence-corrected chi connectivity index (χ2v) is 8.85. The Kier molecular flexibility index (Phi) is 11.7. The topological polar surface area (TPSA) is 71.4 Å². The molecule has 2 rings (SSSR count). The number of rotatable bonds is 15. The summed E-state index contributed by atoms with van der Waals surface area (Å²) in [6, 6.07) is 15.8. The SMILES string of the molecule is O=CC(C=O)CC(=O)c1ccc(-c2ccc(CCCCC(CI)CCCO)cc2)cc1. The van der Waals surface area contributed by atoms with Crippen LogP contribution >= 0.6 is 22.6 Å². The number of aryl methyl sites for hydroxylation is 1. The van der Waals surface area contributed by atoms with Crippen molar-refractivity contribution >= 4 is 40.9 Å². The van der Waals surface area contributed by atoms with Gasteiger partial charge in [0.2, 0.25) is 0 Å². The van der Waals surface area contributed by atoms with Crippen LogP contribution in [0.25, 0.3) is 11.1 Å². The Morgan fingerprint density at radius 1 is 0.871 bits per heavy atom. The van der Waals surface area contributed by atoms with Crippen molar-refractivity contribution in [1.29, 1.82) is 0 Å². The first kappa shape index (κ1) is 25.4. The summed E-state index contributed by atoms with van der Waals surface area (Å²) in [5, 5.41) is 8.98. The molecule has 0 fully saturated rings. The molecule has 2 aromatic rings. The molecule has 0 radical (unpaired) electrons. The molecular weight excluding hydrogens is 503 g/mol. The van der Waals surface area contributed by atoms with Crippen LogP contribution in [0.2, 0.25) is 0 Å². The van der Waals surface area contributed by atoms with Crippen LogP contribution in [0.1, 0.15) is 54.4 Å². The van der Waals surface area contributed by atoms with Crippen LogP contribution < -0.4 is 0 Å². The molecular formula is C26H31IO4. The average molecular weight is 534 g/mol. The highest BCUT2D eigenvalue weighted by atomic mass is 127. The number of ketones is 1. The largest absolute Gasteiger partial charge is 0.396 e. The van der Waals surface area contributed by atoms with E-state index in [9.17, 15) is 14.4 Å². The van der Waals surface area contributed by atoms with Gasteiger partial charge >= 0.3 is 0 Å². The minimum atomic E-state index is -0.868. The van der Waals surface area contributed by atoms with Crippen molar-refractivity contribution in [3.05, 3.63) is 59.7 Å². The zero-order chi connectivity index (χ0) is 22.5. The summed E-state index contributed by atoms with van der Waals surface area (Å²) in [6.45, 7) is 0.291. The summed E-state index contributed by atoms with van der Waals surface area (Å²) in [4.78, 5) is 33.7. The van der Waals surface area contributed by atoms with Crippen LogP contribution in [-0.4, -0.2) is 34.5 Å². The minimum Gasteiger partial charge on any atom is -0.396 e. The maximum Gasteiger partial charge on any atom is 0.164 e. The van der Waals surface area contributed by atoms with Crippen molar-refractivity contribution in [3.8, 4) is 11.1 Å². The van der Waals surface area contributed by atoms with E-state index in [1.165, 1.54) is 24.8 Å². The van der Waals surface area contributed by atoms with Crippen LogP contribution in [0, 0.1) is 11.8 Å². The molecule has 0 aromatic heterocycles. The number of Topliss-reactive ketones (excluding diaryl/α,β-unsaturated/α-hetero) is 1. The first-order chi connectivity index (χ1) is 15.1. The van der Waals surface area contributed by atoms with Gasteiger partial charge in [0.25, 0.3) is 0 Å². The summed E-state index contributed by atoms with van der Waals surface area (Å²) in [6.07, 6.45) is 7.65. The first-order valence-electron chi connectivity index (χ1n) is 10.9. The number of hydrogen-bond acceptors (Lipinski definition) is 4. The summed E-state index contributed by atoms with van der Waals surface area (Å²) in [5.74, 6) is -0.354. The molecule has 4 nitrogen and oxygen atoms in total. The molecule has 1 unspecified atom stereocenters. The van der Waals surface area contributed by atoms with Gasteiger partial charge in [0, 0.05) is 23.0 Å². The standard InChI is InChI=1S/C26H31IO4/c27-17-21(6-3-15-28)5-2-1-4-20-7-9-23(10-8-20)24-11-13-25(14-12-24)26(31)16-22(18-29)19-30/h7-14,18-19,21-22,28H,1-6,15-17H2. The van der Waals surface area contributed by atoms with E-state index in [0.29, 0.717) is 30.7 Å².